The molecule has 3 rings (SSSR count). The molecule has 6 heteroatoms. The summed E-state index contributed by atoms with van der Waals surface area (Å²) in [6.45, 7) is 6.33. The average Bonchev–Trinajstić information content (AvgIpc) is 3.02. The van der Waals surface area contributed by atoms with E-state index in [1.165, 1.54) is 37.1 Å². The number of nitrogens with two attached hydrogens (primary N) is 1. The average molecular weight is 402 g/mol. The lowest BCUT2D eigenvalue weighted by molar-refractivity contribution is -0.125. The number of carbonyl (C=O) groups is 1. The number of hydrogen-bond donors (Lipinski definition) is 2. The third-order valence-electron chi connectivity index (χ3n) is 5.69. The Morgan fingerprint density at radius 1 is 1.12 bits per heavy atom. The standard InChI is InChI=1S/C20H31N3O.2ClH/c1-15-8-10-23(11-9-15)14-18-5-3-2-4-17(18)13-22-20(24)16-6-7-19(21)12-16;;/h2-5,15-16,19H,6-14,21H2,1H3,(H,22,24);2*1H. The SMILES string of the molecule is CC1CCN(Cc2ccccc2CNC(=O)C2CCC(N)C2)CC1.Cl.Cl. The fraction of sp³-hybridized carbons (Fsp3) is 0.650. The molecule has 0 bridgehead atoms. The highest BCUT2D eigenvalue weighted by Gasteiger charge is 2.27. The number of benzene rings is 1. The zero-order valence-corrected chi connectivity index (χ0v) is 17.3. The van der Waals surface area contributed by atoms with E-state index in [0.717, 1.165) is 31.7 Å². The largest absolute Gasteiger partial charge is 0.352 e. The molecule has 0 spiro atoms. The lowest BCUT2D eigenvalue weighted by atomic mass is 9.98. The van der Waals surface area contributed by atoms with Gasteiger partial charge in [-0.2, -0.15) is 0 Å². The number of nitrogens with zero attached hydrogens (tertiary/aromatic N) is 1. The van der Waals surface area contributed by atoms with Crippen molar-refractivity contribution in [1.82, 2.24) is 10.2 Å². The molecule has 0 radical (unpaired) electrons. The highest BCUT2D eigenvalue weighted by molar-refractivity contribution is 5.85. The van der Waals surface area contributed by atoms with Crippen LogP contribution >= 0.6 is 24.8 Å². The second-order valence-corrected chi connectivity index (χ2v) is 7.72. The molecular weight excluding hydrogens is 369 g/mol. The third-order valence-corrected chi connectivity index (χ3v) is 5.69. The zero-order valence-electron chi connectivity index (χ0n) is 15.7. The van der Waals surface area contributed by atoms with Gasteiger partial charge in [-0.3, -0.25) is 9.69 Å². The maximum Gasteiger partial charge on any atom is 0.223 e. The van der Waals surface area contributed by atoms with Gasteiger partial charge < -0.3 is 11.1 Å². The molecule has 26 heavy (non-hydrogen) atoms. The molecule has 2 aliphatic rings. The van der Waals surface area contributed by atoms with Gasteiger partial charge in [0, 0.05) is 25.0 Å². The smallest absolute Gasteiger partial charge is 0.223 e. The van der Waals surface area contributed by atoms with E-state index in [1.54, 1.807) is 0 Å². The minimum atomic E-state index is 0. The molecule has 3 N–H and O–H groups in total. The van der Waals surface area contributed by atoms with E-state index < -0.39 is 0 Å². The van der Waals surface area contributed by atoms with E-state index in [0.29, 0.717) is 6.54 Å². The maximum atomic E-state index is 12.3. The van der Waals surface area contributed by atoms with Crippen LogP contribution in [0.15, 0.2) is 24.3 Å². The van der Waals surface area contributed by atoms with Crippen molar-refractivity contribution in [3.63, 3.8) is 0 Å². The maximum absolute atomic E-state index is 12.3. The second kappa shape index (κ2) is 11.1. The predicted octanol–water partition coefficient (Wildman–Crippen LogP) is 3.51. The van der Waals surface area contributed by atoms with Crippen LogP contribution < -0.4 is 11.1 Å². The summed E-state index contributed by atoms with van der Waals surface area (Å²) in [4.78, 5) is 14.9. The molecule has 2 unspecified atom stereocenters. The van der Waals surface area contributed by atoms with Crippen LogP contribution in [0.25, 0.3) is 0 Å². The second-order valence-electron chi connectivity index (χ2n) is 7.72. The predicted molar refractivity (Wildman–Crippen MR) is 112 cm³/mol. The van der Waals surface area contributed by atoms with Gasteiger partial charge in [-0.15, -0.1) is 24.8 Å². The molecule has 2 fully saturated rings. The Morgan fingerprint density at radius 3 is 2.38 bits per heavy atom. The summed E-state index contributed by atoms with van der Waals surface area (Å²) in [5.74, 6) is 1.13. The molecular formula is C20H33Cl2N3O. The number of amides is 1. The Kier molecular flexibility index (Phi) is 9.94. The Balaban J connectivity index is 0.00000169. The summed E-state index contributed by atoms with van der Waals surface area (Å²) in [6.07, 6.45) is 5.32. The summed E-state index contributed by atoms with van der Waals surface area (Å²) in [5.41, 5.74) is 8.51. The number of hydrogen-bond acceptors (Lipinski definition) is 3. The fourth-order valence-corrected chi connectivity index (χ4v) is 3.93. The summed E-state index contributed by atoms with van der Waals surface area (Å²) < 4.78 is 0. The van der Waals surface area contributed by atoms with E-state index >= 15 is 0 Å². The van der Waals surface area contributed by atoms with Gasteiger partial charge in [0.05, 0.1) is 0 Å². The molecule has 1 aromatic carbocycles. The van der Waals surface area contributed by atoms with Gasteiger partial charge in [0.15, 0.2) is 0 Å². The molecule has 1 saturated heterocycles. The van der Waals surface area contributed by atoms with Crippen molar-refractivity contribution in [2.45, 2.75) is 58.2 Å². The van der Waals surface area contributed by atoms with Crippen LogP contribution in [0.2, 0.25) is 0 Å². The minimum absolute atomic E-state index is 0. The van der Waals surface area contributed by atoms with Gasteiger partial charge in [-0.05, 0) is 62.2 Å². The van der Waals surface area contributed by atoms with Crippen molar-refractivity contribution in [1.29, 1.82) is 0 Å². The van der Waals surface area contributed by atoms with Crippen LogP contribution in [0.4, 0.5) is 0 Å². The number of carbonyl (C=O) groups excluding carboxylic acids is 1. The number of rotatable bonds is 5. The quantitative estimate of drug-likeness (QED) is 0.793. The molecule has 0 aromatic heterocycles. The Hall–Kier alpha value is -0.810. The molecule has 1 saturated carbocycles. The minimum Gasteiger partial charge on any atom is -0.352 e. The first kappa shape index (κ1) is 23.2. The first-order valence-electron chi connectivity index (χ1n) is 9.44. The normalized spacial score (nSPS) is 23.8. The summed E-state index contributed by atoms with van der Waals surface area (Å²) in [5, 5.41) is 3.13. The molecule has 1 aliphatic heterocycles. The highest BCUT2D eigenvalue weighted by atomic mass is 35.5. The molecule has 1 amide bonds. The molecule has 2 atom stereocenters. The van der Waals surface area contributed by atoms with Crippen molar-refractivity contribution in [2.75, 3.05) is 13.1 Å². The van der Waals surface area contributed by atoms with Crippen LogP contribution in [-0.4, -0.2) is 29.9 Å². The van der Waals surface area contributed by atoms with Crippen LogP contribution in [0.5, 0.6) is 0 Å². The van der Waals surface area contributed by atoms with Gasteiger partial charge in [0.2, 0.25) is 5.91 Å². The molecule has 1 aromatic rings. The van der Waals surface area contributed by atoms with Gasteiger partial charge in [-0.1, -0.05) is 31.2 Å². The van der Waals surface area contributed by atoms with E-state index in [4.69, 9.17) is 5.73 Å². The van der Waals surface area contributed by atoms with Gasteiger partial charge in [0.1, 0.15) is 0 Å². The zero-order chi connectivity index (χ0) is 16.9. The van der Waals surface area contributed by atoms with E-state index in [1.807, 2.05) is 0 Å². The van der Waals surface area contributed by atoms with Crippen LogP contribution in [0.1, 0.15) is 50.2 Å². The van der Waals surface area contributed by atoms with Gasteiger partial charge in [0.25, 0.3) is 0 Å². The first-order chi connectivity index (χ1) is 11.6. The lowest BCUT2D eigenvalue weighted by Gasteiger charge is -2.30. The third kappa shape index (κ3) is 6.41. The molecule has 1 heterocycles. The van der Waals surface area contributed by atoms with E-state index in [2.05, 4.69) is 41.4 Å². The highest BCUT2D eigenvalue weighted by Crippen LogP contribution is 2.24. The van der Waals surface area contributed by atoms with Crippen LogP contribution in [-0.2, 0) is 17.9 Å². The Bertz CT molecular complexity index is 562. The van der Waals surface area contributed by atoms with Crippen molar-refractivity contribution in [2.24, 2.45) is 17.6 Å². The van der Waals surface area contributed by atoms with Crippen molar-refractivity contribution in [3.05, 3.63) is 35.4 Å². The first-order valence-corrected chi connectivity index (χ1v) is 9.44. The topological polar surface area (TPSA) is 58.4 Å². The monoisotopic (exact) mass is 401 g/mol. The Morgan fingerprint density at radius 2 is 1.77 bits per heavy atom. The number of piperidine rings is 1. The number of halogens is 2. The number of nitrogens with one attached hydrogen (secondary N) is 1. The van der Waals surface area contributed by atoms with Gasteiger partial charge in [-0.25, -0.2) is 0 Å². The van der Waals surface area contributed by atoms with Crippen LogP contribution in [0.3, 0.4) is 0 Å². The summed E-state index contributed by atoms with van der Waals surface area (Å²) in [7, 11) is 0. The van der Waals surface area contributed by atoms with Crippen molar-refractivity contribution >= 4 is 30.7 Å². The van der Waals surface area contributed by atoms with E-state index in [-0.39, 0.29) is 42.7 Å². The van der Waals surface area contributed by atoms with Gasteiger partial charge >= 0.3 is 0 Å². The fourth-order valence-electron chi connectivity index (χ4n) is 3.93. The van der Waals surface area contributed by atoms with Crippen molar-refractivity contribution in [3.8, 4) is 0 Å². The molecule has 4 nitrogen and oxygen atoms in total. The summed E-state index contributed by atoms with van der Waals surface area (Å²) in [6, 6.07) is 8.71. The van der Waals surface area contributed by atoms with Crippen LogP contribution in [0, 0.1) is 11.8 Å². The summed E-state index contributed by atoms with van der Waals surface area (Å²) >= 11 is 0. The molecule has 148 valence electrons. The van der Waals surface area contributed by atoms with E-state index in [9.17, 15) is 4.79 Å². The van der Waals surface area contributed by atoms with Crippen molar-refractivity contribution < 1.29 is 4.79 Å². The Labute approximate surface area is 170 Å². The number of likely N-dealkylation sites (tertiary alicyclic amines) is 1. The molecule has 1 aliphatic carbocycles. The lowest BCUT2D eigenvalue weighted by Crippen LogP contribution is -2.33.